The number of carboxylic acids is 1. The molecule has 1 aromatic heterocycles. The highest BCUT2D eigenvalue weighted by atomic mass is 19.2. The molecule has 21 heavy (non-hydrogen) atoms. The Balaban J connectivity index is 2.30. The molecule has 0 saturated carbocycles. The second kappa shape index (κ2) is 4.62. The average Bonchev–Trinajstić information content (AvgIpc) is 2.86. The third kappa shape index (κ3) is 2.03. The van der Waals surface area contributed by atoms with Crippen LogP contribution in [0.5, 0.6) is 0 Å². The molecule has 3 aromatic rings. The van der Waals surface area contributed by atoms with Gasteiger partial charge in [0.05, 0.1) is 16.8 Å². The van der Waals surface area contributed by atoms with Crippen molar-refractivity contribution in [1.29, 1.82) is 0 Å². The SMILES string of the molecule is O=C(O)c1cccc2c1ncn2-c1cc(F)c(F)cc1F. The van der Waals surface area contributed by atoms with E-state index in [1.165, 1.54) is 22.8 Å². The first-order chi connectivity index (χ1) is 9.99. The molecule has 0 unspecified atom stereocenters. The van der Waals surface area contributed by atoms with E-state index in [0.29, 0.717) is 12.1 Å². The Morgan fingerprint density at radius 3 is 2.52 bits per heavy atom. The van der Waals surface area contributed by atoms with Crippen molar-refractivity contribution in [3.63, 3.8) is 0 Å². The maximum atomic E-state index is 13.8. The summed E-state index contributed by atoms with van der Waals surface area (Å²) in [5.41, 5.74) is 0.0992. The highest BCUT2D eigenvalue weighted by Crippen LogP contribution is 2.24. The Kier molecular flexibility index (Phi) is 2.90. The number of para-hydroxylation sites is 1. The summed E-state index contributed by atoms with van der Waals surface area (Å²) in [7, 11) is 0. The number of aromatic carboxylic acids is 1. The van der Waals surface area contributed by atoms with E-state index in [2.05, 4.69) is 4.98 Å². The molecule has 0 fully saturated rings. The van der Waals surface area contributed by atoms with Gasteiger partial charge in [0.1, 0.15) is 17.7 Å². The van der Waals surface area contributed by atoms with E-state index in [1.807, 2.05) is 0 Å². The van der Waals surface area contributed by atoms with Crippen LogP contribution >= 0.6 is 0 Å². The van der Waals surface area contributed by atoms with Crippen molar-refractivity contribution in [1.82, 2.24) is 9.55 Å². The average molecular weight is 292 g/mol. The van der Waals surface area contributed by atoms with Gasteiger partial charge in [0.15, 0.2) is 11.6 Å². The molecule has 0 aliphatic carbocycles. The minimum atomic E-state index is -1.30. The summed E-state index contributed by atoms with van der Waals surface area (Å²) in [4.78, 5) is 15.0. The molecule has 0 radical (unpaired) electrons. The summed E-state index contributed by atoms with van der Waals surface area (Å²) in [6.45, 7) is 0. The van der Waals surface area contributed by atoms with E-state index in [4.69, 9.17) is 5.11 Å². The molecule has 1 heterocycles. The Labute approximate surface area is 116 Å². The van der Waals surface area contributed by atoms with Crippen LogP contribution in [0.15, 0.2) is 36.7 Å². The molecule has 3 rings (SSSR count). The molecule has 4 nitrogen and oxygen atoms in total. The van der Waals surface area contributed by atoms with Crippen molar-refractivity contribution >= 4 is 17.0 Å². The normalized spacial score (nSPS) is 11.0. The quantitative estimate of drug-likeness (QED) is 0.738. The first kappa shape index (κ1) is 13.2. The fraction of sp³-hybridized carbons (Fsp3) is 0. The van der Waals surface area contributed by atoms with Crippen molar-refractivity contribution in [2.45, 2.75) is 0 Å². The first-order valence-corrected chi connectivity index (χ1v) is 5.83. The number of hydrogen-bond acceptors (Lipinski definition) is 2. The molecule has 0 bridgehead atoms. The lowest BCUT2D eigenvalue weighted by Gasteiger charge is -2.07. The van der Waals surface area contributed by atoms with Gasteiger partial charge in [-0.25, -0.2) is 22.9 Å². The summed E-state index contributed by atoms with van der Waals surface area (Å²) < 4.78 is 41.2. The maximum Gasteiger partial charge on any atom is 0.337 e. The van der Waals surface area contributed by atoms with Crippen LogP contribution in [0, 0.1) is 17.5 Å². The van der Waals surface area contributed by atoms with Crippen LogP contribution in [0.2, 0.25) is 0 Å². The standard InChI is InChI=1S/C14H7F3N2O2/c15-8-4-10(17)12(5-9(8)16)19-6-18-13-7(14(20)21)2-1-3-11(13)19/h1-6H,(H,20,21). The molecule has 106 valence electrons. The van der Waals surface area contributed by atoms with Crippen molar-refractivity contribution < 1.29 is 23.1 Å². The van der Waals surface area contributed by atoms with Crippen LogP contribution in [-0.4, -0.2) is 20.6 Å². The lowest BCUT2D eigenvalue weighted by molar-refractivity contribution is 0.0699. The molecule has 7 heteroatoms. The lowest BCUT2D eigenvalue weighted by Crippen LogP contribution is -2.00. The van der Waals surface area contributed by atoms with Gasteiger partial charge in [0.2, 0.25) is 0 Å². The number of halogens is 3. The second-order valence-electron chi connectivity index (χ2n) is 4.31. The van der Waals surface area contributed by atoms with Gasteiger partial charge >= 0.3 is 5.97 Å². The van der Waals surface area contributed by atoms with Gasteiger partial charge in [0, 0.05) is 12.1 Å². The number of rotatable bonds is 2. The fourth-order valence-corrected chi connectivity index (χ4v) is 2.10. The molecule has 0 amide bonds. The molecule has 0 aliphatic heterocycles. The second-order valence-corrected chi connectivity index (χ2v) is 4.31. The van der Waals surface area contributed by atoms with Gasteiger partial charge in [-0.1, -0.05) is 6.07 Å². The Hall–Kier alpha value is -2.83. The van der Waals surface area contributed by atoms with Crippen LogP contribution in [-0.2, 0) is 0 Å². The van der Waals surface area contributed by atoms with Crippen LogP contribution in [0.1, 0.15) is 10.4 Å². The number of nitrogens with zero attached hydrogens (tertiary/aromatic N) is 2. The number of carbonyl (C=O) groups is 1. The Bertz CT molecular complexity index is 874. The summed E-state index contributed by atoms with van der Waals surface area (Å²) >= 11 is 0. The van der Waals surface area contributed by atoms with Gasteiger partial charge in [-0.2, -0.15) is 0 Å². The van der Waals surface area contributed by atoms with Crippen LogP contribution in [0.4, 0.5) is 13.2 Å². The third-order valence-electron chi connectivity index (χ3n) is 3.06. The van der Waals surface area contributed by atoms with E-state index >= 15 is 0 Å². The van der Waals surface area contributed by atoms with E-state index in [9.17, 15) is 18.0 Å². The Morgan fingerprint density at radius 2 is 1.81 bits per heavy atom. The number of benzene rings is 2. The monoisotopic (exact) mass is 292 g/mol. The highest BCUT2D eigenvalue weighted by Gasteiger charge is 2.16. The number of hydrogen-bond donors (Lipinski definition) is 1. The summed E-state index contributed by atoms with van der Waals surface area (Å²) in [5.74, 6) is -4.67. The molecule has 2 aromatic carbocycles. The highest BCUT2D eigenvalue weighted by molar-refractivity contribution is 6.01. The van der Waals surface area contributed by atoms with Gasteiger partial charge in [-0.05, 0) is 12.1 Å². The van der Waals surface area contributed by atoms with Crippen molar-refractivity contribution in [3.8, 4) is 5.69 Å². The van der Waals surface area contributed by atoms with Crippen molar-refractivity contribution in [3.05, 3.63) is 59.7 Å². The van der Waals surface area contributed by atoms with Crippen molar-refractivity contribution in [2.75, 3.05) is 0 Å². The molecule has 0 atom stereocenters. The fourth-order valence-electron chi connectivity index (χ4n) is 2.10. The number of carboxylic acid groups (broad SMARTS) is 1. The van der Waals surface area contributed by atoms with Crippen molar-refractivity contribution in [2.24, 2.45) is 0 Å². The summed E-state index contributed by atoms with van der Waals surface area (Å²) in [5, 5.41) is 9.06. The number of aromatic nitrogens is 2. The summed E-state index contributed by atoms with van der Waals surface area (Å²) in [6, 6.07) is 5.44. The minimum Gasteiger partial charge on any atom is -0.478 e. The van der Waals surface area contributed by atoms with E-state index in [1.54, 1.807) is 0 Å². The van der Waals surface area contributed by atoms with E-state index in [-0.39, 0.29) is 22.3 Å². The van der Waals surface area contributed by atoms with Gasteiger partial charge < -0.3 is 5.11 Å². The zero-order valence-electron chi connectivity index (χ0n) is 10.3. The largest absolute Gasteiger partial charge is 0.478 e. The number of imidazole rings is 1. The zero-order valence-corrected chi connectivity index (χ0v) is 10.3. The van der Waals surface area contributed by atoms with Crippen LogP contribution in [0.25, 0.3) is 16.7 Å². The van der Waals surface area contributed by atoms with Crippen LogP contribution < -0.4 is 0 Å². The first-order valence-electron chi connectivity index (χ1n) is 5.83. The predicted molar refractivity (Wildman–Crippen MR) is 67.9 cm³/mol. The van der Waals surface area contributed by atoms with E-state index < -0.39 is 23.4 Å². The zero-order chi connectivity index (χ0) is 15.1. The van der Waals surface area contributed by atoms with E-state index in [0.717, 1.165) is 6.33 Å². The Morgan fingerprint density at radius 1 is 1.10 bits per heavy atom. The molecular formula is C14H7F3N2O2. The molecule has 0 aliphatic rings. The van der Waals surface area contributed by atoms with Gasteiger partial charge in [-0.15, -0.1) is 0 Å². The summed E-state index contributed by atoms with van der Waals surface area (Å²) in [6.07, 6.45) is 1.16. The molecule has 0 saturated heterocycles. The van der Waals surface area contributed by atoms with Gasteiger partial charge in [-0.3, -0.25) is 4.57 Å². The molecule has 1 N–H and O–H groups in total. The third-order valence-corrected chi connectivity index (χ3v) is 3.06. The molecule has 0 spiro atoms. The topological polar surface area (TPSA) is 55.1 Å². The minimum absolute atomic E-state index is 0.0609. The lowest BCUT2D eigenvalue weighted by atomic mass is 10.2. The van der Waals surface area contributed by atoms with Gasteiger partial charge in [0.25, 0.3) is 0 Å². The maximum absolute atomic E-state index is 13.8. The number of fused-ring (bicyclic) bond motifs is 1. The molecular weight excluding hydrogens is 285 g/mol. The van der Waals surface area contributed by atoms with Crippen LogP contribution in [0.3, 0.4) is 0 Å². The smallest absolute Gasteiger partial charge is 0.337 e. The predicted octanol–water partition coefficient (Wildman–Crippen LogP) is 3.14.